The number of hydrogen-bond acceptors (Lipinski definition) is 5. The van der Waals surface area contributed by atoms with Crippen LogP contribution in [0.4, 0.5) is 13.2 Å². The zero-order valence-corrected chi connectivity index (χ0v) is 17.1. The first-order valence-electron chi connectivity index (χ1n) is 8.84. The van der Waals surface area contributed by atoms with Crippen LogP contribution in [0, 0.1) is 0 Å². The summed E-state index contributed by atoms with van der Waals surface area (Å²) < 4.78 is 72.4. The number of nitrogens with one attached hydrogen (secondary N) is 1. The van der Waals surface area contributed by atoms with Crippen LogP contribution in [0.2, 0.25) is 5.02 Å². The topological polar surface area (TPSA) is 93.5 Å². The molecule has 1 aromatic heterocycles. The normalized spacial score (nSPS) is 15.9. The molecular formula is C17H18ClF3N4O4S. The van der Waals surface area contributed by atoms with E-state index in [-0.39, 0.29) is 43.6 Å². The first kappa shape index (κ1) is 22.5. The van der Waals surface area contributed by atoms with Gasteiger partial charge in [0.1, 0.15) is 0 Å². The van der Waals surface area contributed by atoms with Gasteiger partial charge in [0.25, 0.3) is 5.91 Å². The van der Waals surface area contributed by atoms with E-state index in [0.717, 1.165) is 6.20 Å². The molecule has 1 aromatic carbocycles. The first-order chi connectivity index (χ1) is 14.1. The SMILES string of the molecule is O=C(NCCS(=O)(=O)N1CCOCC1)c1cnn(-c2cccc(Cl)c2)c1C(F)(F)F. The van der Waals surface area contributed by atoms with E-state index in [0.29, 0.717) is 4.68 Å². The Morgan fingerprint density at radius 2 is 1.97 bits per heavy atom. The average molecular weight is 467 g/mol. The fraction of sp³-hybridized carbons (Fsp3) is 0.412. The fourth-order valence-electron chi connectivity index (χ4n) is 2.93. The average Bonchev–Trinajstić information content (AvgIpc) is 3.14. The van der Waals surface area contributed by atoms with E-state index in [1.807, 2.05) is 0 Å². The van der Waals surface area contributed by atoms with E-state index in [1.165, 1.54) is 28.6 Å². The molecular weight excluding hydrogens is 449 g/mol. The number of aromatic nitrogens is 2. The van der Waals surface area contributed by atoms with Gasteiger partial charge in [0.15, 0.2) is 5.69 Å². The number of hydrogen-bond donors (Lipinski definition) is 1. The van der Waals surface area contributed by atoms with Gasteiger partial charge in [-0.15, -0.1) is 0 Å². The van der Waals surface area contributed by atoms with Gasteiger partial charge in [-0.1, -0.05) is 17.7 Å². The zero-order valence-electron chi connectivity index (χ0n) is 15.5. The van der Waals surface area contributed by atoms with Gasteiger partial charge >= 0.3 is 6.18 Å². The number of amides is 1. The first-order valence-corrected chi connectivity index (χ1v) is 10.8. The predicted molar refractivity (Wildman–Crippen MR) is 102 cm³/mol. The molecule has 0 saturated carbocycles. The fourth-order valence-corrected chi connectivity index (χ4v) is 4.44. The van der Waals surface area contributed by atoms with Gasteiger partial charge < -0.3 is 10.1 Å². The van der Waals surface area contributed by atoms with Crippen molar-refractivity contribution in [2.45, 2.75) is 6.18 Å². The largest absolute Gasteiger partial charge is 0.434 e. The van der Waals surface area contributed by atoms with Crippen molar-refractivity contribution in [3.05, 3.63) is 46.7 Å². The van der Waals surface area contributed by atoms with Gasteiger partial charge in [0.05, 0.1) is 36.4 Å². The Labute approximate surface area is 175 Å². The Morgan fingerprint density at radius 3 is 2.60 bits per heavy atom. The summed E-state index contributed by atoms with van der Waals surface area (Å²) in [6.07, 6.45) is -4.10. The molecule has 0 radical (unpaired) electrons. The quantitative estimate of drug-likeness (QED) is 0.702. The zero-order chi connectivity index (χ0) is 21.9. The number of sulfonamides is 1. The molecule has 0 unspecified atom stereocenters. The van der Waals surface area contributed by atoms with Gasteiger partial charge in [-0.2, -0.15) is 22.6 Å². The third-order valence-electron chi connectivity index (χ3n) is 4.34. The monoisotopic (exact) mass is 466 g/mol. The van der Waals surface area contributed by atoms with Crippen LogP contribution in [0.1, 0.15) is 16.1 Å². The van der Waals surface area contributed by atoms with Crippen molar-refractivity contribution in [3.8, 4) is 5.69 Å². The maximum atomic E-state index is 13.7. The molecule has 0 atom stereocenters. The molecule has 1 fully saturated rings. The van der Waals surface area contributed by atoms with Gasteiger partial charge in [-0.3, -0.25) is 4.79 Å². The number of morpholine rings is 1. The standard InChI is InChI=1S/C17H18ClF3N4O4S/c18-12-2-1-3-13(10-12)25-15(17(19,20)21)14(11-23-25)16(26)22-4-9-30(27,28)24-5-7-29-8-6-24/h1-3,10-11H,4-9H2,(H,22,26). The van der Waals surface area contributed by atoms with Crippen molar-refractivity contribution in [2.24, 2.45) is 0 Å². The Hall–Kier alpha value is -2.15. The minimum absolute atomic E-state index is 0.0313. The maximum Gasteiger partial charge on any atom is 0.434 e. The van der Waals surface area contributed by atoms with Gasteiger partial charge in [0.2, 0.25) is 10.0 Å². The van der Waals surface area contributed by atoms with Crippen LogP contribution in [0.25, 0.3) is 5.69 Å². The molecule has 8 nitrogen and oxygen atoms in total. The number of halogens is 4. The second-order valence-electron chi connectivity index (χ2n) is 6.38. The van der Waals surface area contributed by atoms with Crippen molar-refractivity contribution >= 4 is 27.5 Å². The summed E-state index contributed by atoms with van der Waals surface area (Å²) >= 11 is 5.84. The van der Waals surface area contributed by atoms with Gasteiger partial charge in [-0.25, -0.2) is 13.1 Å². The highest BCUT2D eigenvalue weighted by Gasteiger charge is 2.40. The summed E-state index contributed by atoms with van der Waals surface area (Å²) in [7, 11) is -3.66. The molecule has 1 aliphatic rings. The molecule has 0 spiro atoms. The molecule has 164 valence electrons. The maximum absolute atomic E-state index is 13.7. The van der Waals surface area contributed by atoms with Crippen LogP contribution >= 0.6 is 11.6 Å². The van der Waals surface area contributed by atoms with E-state index >= 15 is 0 Å². The Balaban J connectivity index is 1.76. The number of nitrogens with zero attached hydrogens (tertiary/aromatic N) is 3. The smallest absolute Gasteiger partial charge is 0.379 e. The lowest BCUT2D eigenvalue weighted by molar-refractivity contribution is -0.143. The summed E-state index contributed by atoms with van der Waals surface area (Å²) in [5.74, 6) is -1.52. The van der Waals surface area contributed by atoms with E-state index in [2.05, 4.69) is 10.4 Å². The number of carbonyl (C=O) groups is 1. The highest BCUT2D eigenvalue weighted by Crippen LogP contribution is 2.34. The summed E-state index contributed by atoms with van der Waals surface area (Å²) in [5.41, 5.74) is -1.96. The minimum Gasteiger partial charge on any atom is -0.379 e. The third kappa shape index (κ3) is 5.12. The summed E-state index contributed by atoms with van der Waals surface area (Å²) in [5, 5.41) is 6.11. The highest BCUT2D eigenvalue weighted by atomic mass is 35.5. The van der Waals surface area contributed by atoms with Crippen molar-refractivity contribution in [2.75, 3.05) is 38.6 Å². The molecule has 1 saturated heterocycles. The van der Waals surface area contributed by atoms with Crippen LogP contribution in [0.5, 0.6) is 0 Å². The van der Waals surface area contributed by atoms with E-state index in [4.69, 9.17) is 16.3 Å². The van der Waals surface area contributed by atoms with Crippen LogP contribution in [-0.4, -0.2) is 67.0 Å². The van der Waals surface area contributed by atoms with Gasteiger partial charge in [-0.05, 0) is 18.2 Å². The molecule has 3 rings (SSSR count). The number of rotatable bonds is 6. The minimum atomic E-state index is -4.88. The van der Waals surface area contributed by atoms with E-state index in [9.17, 15) is 26.4 Å². The lowest BCUT2D eigenvalue weighted by Gasteiger charge is -2.26. The van der Waals surface area contributed by atoms with Crippen LogP contribution in [0.15, 0.2) is 30.5 Å². The summed E-state index contributed by atoms with van der Waals surface area (Å²) in [6, 6.07) is 5.59. The second kappa shape index (κ2) is 8.92. The van der Waals surface area contributed by atoms with Crippen LogP contribution < -0.4 is 5.32 Å². The van der Waals surface area contributed by atoms with E-state index < -0.39 is 39.1 Å². The molecule has 1 amide bonds. The van der Waals surface area contributed by atoms with Gasteiger partial charge in [0, 0.05) is 24.7 Å². The number of ether oxygens (including phenoxy) is 1. The molecule has 0 aliphatic carbocycles. The molecule has 1 aliphatic heterocycles. The second-order valence-corrected chi connectivity index (χ2v) is 8.90. The molecule has 1 N–H and O–H groups in total. The van der Waals surface area contributed by atoms with Crippen molar-refractivity contribution in [3.63, 3.8) is 0 Å². The van der Waals surface area contributed by atoms with Crippen LogP contribution in [-0.2, 0) is 20.9 Å². The van der Waals surface area contributed by atoms with E-state index in [1.54, 1.807) is 0 Å². The van der Waals surface area contributed by atoms with Crippen LogP contribution in [0.3, 0.4) is 0 Å². The highest BCUT2D eigenvalue weighted by molar-refractivity contribution is 7.89. The van der Waals surface area contributed by atoms with Crippen molar-refractivity contribution in [1.29, 1.82) is 0 Å². The van der Waals surface area contributed by atoms with Crippen molar-refractivity contribution < 1.29 is 31.1 Å². The lowest BCUT2D eigenvalue weighted by atomic mass is 10.2. The molecule has 30 heavy (non-hydrogen) atoms. The van der Waals surface area contributed by atoms with Crippen molar-refractivity contribution in [1.82, 2.24) is 19.4 Å². The molecule has 0 bridgehead atoms. The number of carbonyl (C=O) groups excluding carboxylic acids is 1. The molecule has 2 heterocycles. The number of benzene rings is 1. The predicted octanol–water partition coefficient (Wildman–Crippen LogP) is 1.94. The summed E-state index contributed by atoms with van der Waals surface area (Å²) in [6.45, 7) is 0.576. The summed E-state index contributed by atoms with van der Waals surface area (Å²) in [4.78, 5) is 12.4. The Kier molecular flexibility index (Phi) is 6.70. The Bertz CT molecular complexity index is 1020. The lowest BCUT2D eigenvalue weighted by Crippen LogP contribution is -2.43. The Morgan fingerprint density at radius 1 is 1.27 bits per heavy atom. The number of alkyl halides is 3. The molecule has 2 aromatic rings. The third-order valence-corrected chi connectivity index (χ3v) is 6.45. The molecule has 13 heteroatoms.